The molecule has 0 unspecified atom stereocenters. The van der Waals surface area contributed by atoms with E-state index in [1.165, 1.54) is 0 Å². The SMILES string of the molecule is Cc1[nH]c(C=C2C(=O)Nc3ccc(SCc4c(Cl)cccc4Cl)cc32)c(C)c1C(=O)N1CCC[C@H]1CN1CCC(O)CC1. The van der Waals surface area contributed by atoms with Crippen LogP contribution in [-0.2, 0) is 10.5 Å². The number of nitrogens with zero attached hydrogens (tertiary/aromatic N) is 2. The van der Waals surface area contributed by atoms with Crippen LogP contribution in [0.4, 0.5) is 5.69 Å². The van der Waals surface area contributed by atoms with Crippen LogP contribution in [0.1, 0.15) is 64.1 Å². The van der Waals surface area contributed by atoms with Gasteiger partial charge in [-0.2, -0.15) is 0 Å². The third kappa shape index (κ3) is 6.26. The summed E-state index contributed by atoms with van der Waals surface area (Å²) in [7, 11) is 0. The number of fused-ring (bicyclic) bond motifs is 1. The van der Waals surface area contributed by atoms with Gasteiger partial charge in [0.1, 0.15) is 0 Å². The predicted octanol–water partition coefficient (Wildman–Crippen LogP) is 6.78. The largest absolute Gasteiger partial charge is 0.393 e. The van der Waals surface area contributed by atoms with Crippen LogP contribution in [0.25, 0.3) is 11.6 Å². The third-order valence-corrected chi connectivity index (χ3v) is 10.6. The number of anilines is 1. The maximum Gasteiger partial charge on any atom is 0.256 e. The lowest BCUT2D eigenvalue weighted by atomic mass is 10.0. The summed E-state index contributed by atoms with van der Waals surface area (Å²) >= 11 is 14.3. The fourth-order valence-electron chi connectivity index (χ4n) is 6.45. The minimum Gasteiger partial charge on any atom is -0.393 e. The van der Waals surface area contributed by atoms with E-state index in [2.05, 4.69) is 15.2 Å². The lowest BCUT2D eigenvalue weighted by molar-refractivity contribution is -0.110. The Kier molecular flexibility index (Phi) is 8.94. The molecule has 10 heteroatoms. The second-order valence-corrected chi connectivity index (χ2v) is 13.6. The fraction of sp³-hybridized carbons (Fsp3) is 0.394. The minimum absolute atomic E-state index is 0.0450. The number of benzene rings is 2. The van der Waals surface area contributed by atoms with E-state index in [4.69, 9.17) is 23.2 Å². The minimum atomic E-state index is -0.206. The van der Waals surface area contributed by atoms with Crippen molar-refractivity contribution in [2.45, 2.75) is 62.3 Å². The van der Waals surface area contributed by atoms with Gasteiger partial charge in [-0.3, -0.25) is 9.59 Å². The van der Waals surface area contributed by atoms with Gasteiger partial charge in [0, 0.05) is 75.6 Å². The van der Waals surface area contributed by atoms with Gasteiger partial charge in [-0.1, -0.05) is 29.3 Å². The number of rotatable bonds is 7. The molecular formula is C33H36Cl2N4O3S. The molecule has 6 rings (SSSR count). The molecule has 226 valence electrons. The molecule has 0 aliphatic carbocycles. The van der Waals surface area contributed by atoms with E-state index < -0.39 is 0 Å². The highest BCUT2D eigenvalue weighted by Crippen LogP contribution is 2.39. The molecule has 3 N–H and O–H groups in total. The molecule has 2 saturated heterocycles. The molecule has 3 aromatic rings. The molecule has 2 fully saturated rings. The van der Waals surface area contributed by atoms with Crippen LogP contribution in [-0.4, -0.2) is 70.0 Å². The summed E-state index contributed by atoms with van der Waals surface area (Å²) < 4.78 is 0. The van der Waals surface area contributed by atoms with Gasteiger partial charge in [-0.15, -0.1) is 11.8 Å². The van der Waals surface area contributed by atoms with E-state index in [-0.39, 0.29) is 24.0 Å². The molecule has 1 aromatic heterocycles. The van der Waals surface area contributed by atoms with Crippen molar-refractivity contribution >= 4 is 64.1 Å². The maximum absolute atomic E-state index is 13.9. The number of thioether (sulfide) groups is 1. The summed E-state index contributed by atoms with van der Waals surface area (Å²) in [4.78, 5) is 35.8. The Labute approximate surface area is 266 Å². The number of hydrogen-bond acceptors (Lipinski definition) is 5. The van der Waals surface area contributed by atoms with Crippen LogP contribution < -0.4 is 5.32 Å². The number of aliphatic hydroxyl groups excluding tert-OH is 1. The highest BCUT2D eigenvalue weighted by atomic mass is 35.5. The number of aryl methyl sites for hydroxylation is 1. The Hall–Kier alpha value is -2.75. The van der Waals surface area contributed by atoms with Crippen LogP contribution >= 0.6 is 35.0 Å². The van der Waals surface area contributed by atoms with Crippen LogP contribution in [0.2, 0.25) is 10.0 Å². The van der Waals surface area contributed by atoms with E-state index in [0.717, 1.165) is 90.5 Å². The second kappa shape index (κ2) is 12.7. The number of aromatic nitrogens is 1. The molecule has 1 atom stereocenters. The molecule has 0 spiro atoms. The standard InChI is InChI=1S/C33H36Cl2N4O3S/c1-19-30(36-20(2)31(19)33(42)39-12-4-5-21(39)17-38-13-10-22(40)11-14-38)16-25-24-15-23(8-9-29(24)37-32(25)41)43-18-26-27(34)6-3-7-28(26)35/h3,6-9,15-16,21-22,36,40H,4-5,10-14,17-18H2,1-2H3,(H,37,41)/t21-/m0/s1. The smallest absolute Gasteiger partial charge is 0.256 e. The van der Waals surface area contributed by atoms with Gasteiger partial charge in [0.2, 0.25) is 0 Å². The molecule has 0 saturated carbocycles. The Morgan fingerprint density at radius 3 is 2.58 bits per heavy atom. The first-order valence-corrected chi connectivity index (χ1v) is 16.6. The number of carbonyl (C=O) groups excluding carboxylic acids is 2. The predicted molar refractivity (Wildman–Crippen MR) is 175 cm³/mol. The normalized spacial score (nSPS) is 20.2. The number of H-pyrrole nitrogens is 1. The Bertz CT molecular complexity index is 1570. The van der Waals surface area contributed by atoms with Crippen molar-refractivity contribution in [1.82, 2.24) is 14.8 Å². The van der Waals surface area contributed by atoms with Gasteiger partial charge in [0.25, 0.3) is 11.8 Å². The number of halogens is 2. The molecule has 3 aliphatic rings. The molecule has 3 aliphatic heterocycles. The first-order chi connectivity index (χ1) is 20.7. The molecule has 43 heavy (non-hydrogen) atoms. The summed E-state index contributed by atoms with van der Waals surface area (Å²) in [6.45, 7) is 7.21. The van der Waals surface area contributed by atoms with Crippen molar-refractivity contribution in [3.63, 3.8) is 0 Å². The molecule has 4 heterocycles. The number of likely N-dealkylation sites (tertiary alicyclic amines) is 2. The van der Waals surface area contributed by atoms with Crippen molar-refractivity contribution in [1.29, 1.82) is 0 Å². The number of amides is 2. The highest BCUT2D eigenvalue weighted by molar-refractivity contribution is 7.98. The molecule has 2 amide bonds. The summed E-state index contributed by atoms with van der Waals surface area (Å²) in [6, 6.07) is 11.6. The van der Waals surface area contributed by atoms with Crippen LogP contribution in [0.3, 0.4) is 0 Å². The zero-order chi connectivity index (χ0) is 30.2. The maximum atomic E-state index is 13.9. The number of aromatic amines is 1. The first-order valence-electron chi connectivity index (χ1n) is 14.8. The van der Waals surface area contributed by atoms with E-state index in [1.807, 2.05) is 61.2 Å². The number of hydrogen-bond donors (Lipinski definition) is 3. The summed E-state index contributed by atoms with van der Waals surface area (Å²) in [5.74, 6) is 0.482. The summed E-state index contributed by atoms with van der Waals surface area (Å²) in [6.07, 6.45) is 5.22. The lowest BCUT2D eigenvalue weighted by Gasteiger charge is -2.34. The lowest BCUT2D eigenvalue weighted by Crippen LogP contribution is -2.46. The Morgan fingerprint density at radius 1 is 1.09 bits per heavy atom. The number of carbonyl (C=O) groups is 2. The fourth-order valence-corrected chi connectivity index (χ4v) is 8.12. The van der Waals surface area contributed by atoms with Crippen LogP contribution in [0, 0.1) is 13.8 Å². The average molecular weight is 640 g/mol. The summed E-state index contributed by atoms with van der Waals surface area (Å²) in [5.41, 5.74) is 6.13. The highest BCUT2D eigenvalue weighted by Gasteiger charge is 2.34. The van der Waals surface area contributed by atoms with Crippen molar-refractivity contribution in [3.8, 4) is 0 Å². The van der Waals surface area contributed by atoms with Gasteiger partial charge in [-0.05, 0) is 87.1 Å². The third-order valence-electron chi connectivity index (χ3n) is 8.86. The Morgan fingerprint density at radius 2 is 1.84 bits per heavy atom. The number of nitrogens with one attached hydrogen (secondary N) is 2. The second-order valence-electron chi connectivity index (χ2n) is 11.7. The quantitative estimate of drug-likeness (QED) is 0.196. The van der Waals surface area contributed by atoms with Crippen molar-refractivity contribution in [2.24, 2.45) is 0 Å². The van der Waals surface area contributed by atoms with Crippen molar-refractivity contribution in [3.05, 3.63) is 80.1 Å². The van der Waals surface area contributed by atoms with Gasteiger partial charge in [0.05, 0.1) is 17.2 Å². The molecule has 7 nitrogen and oxygen atoms in total. The molecule has 0 radical (unpaired) electrons. The number of aliphatic hydroxyl groups is 1. The summed E-state index contributed by atoms with van der Waals surface area (Å²) in [5, 5.41) is 14.1. The Balaban J connectivity index is 1.22. The first kappa shape index (κ1) is 30.3. The van der Waals surface area contributed by atoms with E-state index in [0.29, 0.717) is 26.9 Å². The van der Waals surface area contributed by atoms with E-state index in [1.54, 1.807) is 11.8 Å². The topological polar surface area (TPSA) is 88.7 Å². The van der Waals surface area contributed by atoms with Crippen LogP contribution in [0.5, 0.6) is 0 Å². The monoisotopic (exact) mass is 638 g/mol. The van der Waals surface area contributed by atoms with Gasteiger partial charge >= 0.3 is 0 Å². The van der Waals surface area contributed by atoms with Gasteiger partial charge in [0.15, 0.2) is 0 Å². The van der Waals surface area contributed by atoms with E-state index >= 15 is 0 Å². The van der Waals surface area contributed by atoms with E-state index in [9.17, 15) is 14.7 Å². The number of piperidine rings is 1. The van der Waals surface area contributed by atoms with Crippen molar-refractivity contribution < 1.29 is 14.7 Å². The van der Waals surface area contributed by atoms with Crippen LogP contribution in [0.15, 0.2) is 41.3 Å². The molecule has 2 aromatic carbocycles. The van der Waals surface area contributed by atoms with Crippen molar-refractivity contribution in [2.75, 3.05) is 31.5 Å². The zero-order valence-electron chi connectivity index (χ0n) is 24.4. The molecular weight excluding hydrogens is 603 g/mol. The molecule has 0 bridgehead atoms. The van der Waals surface area contributed by atoms with Gasteiger partial charge in [-0.25, -0.2) is 0 Å². The van der Waals surface area contributed by atoms with Gasteiger partial charge < -0.3 is 25.2 Å². The average Bonchev–Trinajstić information content (AvgIpc) is 3.65. The zero-order valence-corrected chi connectivity index (χ0v) is 26.7.